The quantitative estimate of drug-likeness (QED) is 0.622. The first kappa shape index (κ1) is 14.3. The van der Waals surface area contributed by atoms with Crippen LogP contribution in [0.2, 0.25) is 5.02 Å². The summed E-state index contributed by atoms with van der Waals surface area (Å²) in [6.45, 7) is 1.15. The summed E-state index contributed by atoms with van der Waals surface area (Å²) in [4.78, 5) is 22.2. The van der Waals surface area contributed by atoms with Crippen molar-refractivity contribution in [2.75, 3.05) is 13.7 Å². The summed E-state index contributed by atoms with van der Waals surface area (Å²) in [5.41, 5.74) is 1.03. The maximum Gasteiger partial charge on any atom is 0.337 e. The monoisotopic (exact) mass is 268 g/mol. The maximum absolute atomic E-state index is 11.5. The molecule has 0 N–H and O–H groups in total. The van der Waals surface area contributed by atoms with Crippen LogP contribution in [0.25, 0.3) is 6.08 Å². The number of hydrogen-bond acceptors (Lipinski definition) is 4. The molecular formula is C13H13ClO4. The van der Waals surface area contributed by atoms with E-state index < -0.39 is 11.9 Å². The maximum atomic E-state index is 11.5. The number of methoxy groups -OCH3 is 1. The molecule has 0 saturated heterocycles. The van der Waals surface area contributed by atoms with E-state index in [1.165, 1.54) is 14.0 Å². The van der Waals surface area contributed by atoms with Gasteiger partial charge in [0.05, 0.1) is 12.7 Å². The molecule has 0 saturated carbocycles. The van der Waals surface area contributed by atoms with Crippen molar-refractivity contribution in [3.8, 4) is 0 Å². The zero-order valence-corrected chi connectivity index (χ0v) is 10.9. The number of esters is 2. The Bertz CT molecular complexity index is 462. The second kappa shape index (κ2) is 6.81. The van der Waals surface area contributed by atoms with Crippen LogP contribution >= 0.6 is 11.6 Å². The Labute approximate surface area is 110 Å². The molecule has 0 aromatic heterocycles. The van der Waals surface area contributed by atoms with Crippen LogP contribution in [0.15, 0.2) is 29.8 Å². The lowest BCUT2D eigenvalue weighted by Gasteiger charge is -2.06. The summed E-state index contributed by atoms with van der Waals surface area (Å²) in [6.07, 6.45) is 1.59. The highest BCUT2D eigenvalue weighted by Gasteiger charge is 2.11. The van der Waals surface area contributed by atoms with Gasteiger partial charge >= 0.3 is 11.9 Å². The van der Waals surface area contributed by atoms with E-state index in [4.69, 9.17) is 16.3 Å². The van der Waals surface area contributed by atoms with Gasteiger partial charge in [-0.25, -0.2) is 4.79 Å². The van der Waals surface area contributed by atoms with E-state index in [0.717, 1.165) is 5.56 Å². The number of ether oxygens (including phenoxy) is 2. The second-order valence-corrected chi connectivity index (χ2v) is 3.93. The minimum atomic E-state index is -0.536. The first-order chi connectivity index (χ1) is 8.52. The van der Waals surface area contributed by atoms with Crippen LogP contribution in [0.4, 0.5) is 0 Å². The van der Waals surface area contributed by atoms with Crippen LogP contribution < -0.4 is 0 Å². The Morgan fingerprint density at radius 1 is 1.28 bits per heavy atom. The lowest BCUT2D eigenvalue weighted by molar-refractivity contribution is -0.141. The number of hydrogen-bond donors (Lipinski definition) is 0. The van der Waals surface area contributed by atoms with Crippen molar-refractivity contribution in [2.45, 2.75) is 6.92 Å². The van der Waals surface area contributed by atoms with Crippen LogP contribution in [-0.2, 0) is 19.1 Å². The molecule has 0 bridgehead atoms. The fourth-order valence-electron chi connectivity index (χ4n) is 1.23. The fraction of sp³-hybridized carbons (Fsp3) is 0.231. The first-order valence-electron chi connectivity index (χ1n) is 5.20. The number of carbonyl (C=O) groups excluding carboxylic acids is 2. The highest BCUT2D eigenvalue weighted by Crippen LogP contribution is 2.13. The van der Waals surface area contributed by atoms with Crippen LogP contribution in [0.3, 0.4) is 0 Å². The lowest BCUT2D eigenvalue weighted by atomic mass is 10.1. The molecule has 0 unspecified atom stereocenters. The summed E-state index contributed by atoms with van der Waals surface area (Å²) < 4.78 is 9.40. The Kier molecular flexibility index (Phi) is 5.39. The Hall–Kier alpha value is -1.81. The zero-order chi connectivity index (χ0) is 13.5. The van der Waals surface area contributed by atoms with E-state index in [1.54, 1.807) is 30.3 Å². The molecule has 0 aliphatic rings. The number of rotatable bonds is 4. The van der Waals surface area contributed by atoms with Crippen molar-refractivity contribution in [3.63, 3.8) is 0 Å². The third kappa shape index (κ3) is 4.59. The van der Waals surface area contributed by atoms with Gasteiger partial charge in [0.2, 0.25) is 0 Å². The highest BCUT2D eigenvalue weighted by atomic mass is 35.5. The van der Waals surface area contributed by atoms with Gasteiger partial charge in [0.25, 0.3) is 0 Å². The smallest absolute Gasteiger partial charge is 0.337 e. The summed E-state index contributed by atoms with van der Waals surface area (Å²) in [6, 6.07) is 6.90. The van der Waals surface area contributed by atoms with Crippen molar-refractivity contribution in [1.29, 1.82) is 0 Å². The second-order valence-electron chi connectivity index (χ2n) is 3.49. The van der Waals surface area contributed by atoms with Crippen molar-refractivity contribution >= 4 is 29.6 Å². The van der Waals surface area contributed by atoms with Gasteiger partial charge in [0.1, 0.15) is 6.61 Å². The molecule has 4 nitrogen and oxygen atoms in total. The van der Waals surface area contributed by atoms with Crippen molar-refractivity contribution in [3.05, 3.63) is 40.4 Å². The Balaban J connectivity index is 2.90. The molecule has 0 amide bonds. The standard InChI is InChI=1S/C13H13ClO4/c1-9(15)18-8-11(13(16)17-2)7-10-3-5-12(14)6-4-10/h3-7H,8H2,1-2H3/b11-7+. The molecular weight excluding hydrogens is 256 g/mol. The van der Waals surface area contributed by atoms with Gasteiger partial charge in [-0.1, -0.05) is 23.7 Å². The highest BCUT2D eigenvalue weighted by molar-refractivity contribution is 6.30. The van der Waals surface area contributed by atoms with Gasteiger partial charge < -0.3 is 9.47 Å². The summed E-state index contributed by atoms with van der Waals surface area (Å²) in [5, 5.41) is 0.603. The fourth-order valence-corrected chi connectivity index (χ4v) is 1.36. The molecule has 0 heterocycles. The summed E-state index contributed by atoms with van der Waals surface area (Å²) in [5.74, 6) is -0.993. The van der Waals surface area contributed by atoms with Gasteiger partial charge in [0, 0.05) is 11.9 Å². The normalized spacial score (nSPS) is 10.9. The van der Waals surface area contributed by atoms with Crippen LogP contribution in [0, 0.1) is 0 Å². The van der Waals surface area contributed by atoms with E-state index >= 15 is 0 Å². The molecule has 0 spiro atoms. The van der Waals surface area contributed by atoms with Crippen LogP contribution in [-0.4, -0.2) is 25.7 Å². The third-order valence-electron chi connectivity index (χ3n) is 2.09. The van der Waals surface area contributed by atoms with Gasteiger partial charge in [-0.3, -0.25) is 4.79 Å². The number of halogens is 1. The molecule has 1 aromatic rings. The SMILES string of the molecule is COC(=O)/C(=C/c1ccc(Cl)cc1)COC(C)=O. The molecule has 0 fully saturated rings. The molecule has 1 aromatic carbocycles. The van der Waals surface area contributed by atoms with Crippen LogP contribution in [0.1, 0.15) is 12.5 Å². The average molecular weight is 269 g/mol. The molecule has 0 aliphatic heterocycles. The molecule has 0 aliphatic carbocycles. The predicted octanol–water partition coefficient (Wildman–Crippen LogP) is 2.46. The molecule has 96 valence electrons. The van der Waals surface area contributed by atoms with Crippen LogP contribution in [0.5, 0.6) is 0 Å². The zero-order valence-electron chi connectivity index (χ0n) is 10.1. The largest absolute Gasteiger partial charge is 0.466 e. The third-order valence-corrected chi connectivity index (χ3v) is 2.34. The van der Waals surface area contributed by atoms with E-state index in [0.29, 0.717) is 5.02 Å². The minimum Gasteiger partial charge on any atom is -0.466 e. The Morgan fingerprint density at radius 3 is 2.39 bits per heavy atom. The van der Waals surface area contributed by atoms with E-state index in [1.807, 2.05) is 0 Å². The number of carbonyl (C=O) groups is 2. The van der Waals surface area contributed by atoms with Crippen molar-refractivity contribution in [1.82, 2.24) is 0 Å². The molecule has 0 atom stereocenters. The molecule has 0 radical (unpaired) electrons. The van der Waals surface area contributed by atoms with E-state index in [9.17, 15) is 9.59 Å². The minimum absolute atomic E-state index is 0.120. The molecule has 1 rings (SSSR count). The first-order valence-corrected chi connectivity index (χ1v) is 5.58. The summed E-state index contributed by atoms with van der Waals surface area (Å²) >= 11 is 5.76. The van der Waals surface area contributed by atoms with Gasteiger partial charge in [0.15, 0.2) is 0 Å². The summed E-state index contributed by atoms with van der Waals surface area (Å²) in [7, 11) is 1.27. The van der Waals surface area contributed by atoms with E-state index in [2.05, 4.69) is 4.74 Å². The predicted molar refractivity (Wildman–Crippen MR) is 68.1 cm³/mol. The Morgan fingerprint density at radius 2 is 1.89 bits per heavy atom. The lowest BCUT2D eigenvalue weighted by Crippen LogP contribution is -2.12. The van der Waals surface area contributed by atoms with Crippen molar-refractivity contribution in [2.24, 2.45) is 0 Å². The van der Waals surface area contributed by atoms with Gasteiger partial charge in [-0.15, -0.1) is 0 Å². The average Bonchev–Trinajstić information content (AvgIpc) is 2.35. The molecule has 18 heavy (non-hydrogen) atoms. The van der Waals surface area contributed by atoms with Gasteiger partial charge in [-0.2, -0.15) is 0 Å². The number of benzene rings is 1. The topological polar surface area (TPSA) is 52.6 Å². The van der Waals surface area contributed by atoms with Crippen molar-refractivity contribution < 1.29 is 19.1 Å². The molecule has 5 heteroatoms. The van der Waals surface area contributed by atoms with E-state index in [-0.39, 0.29) is 12.2 Å². The van der Waals surface area contributed by atoms with Gasteiger partial charge in [-0.05, 0) is 23.8 Å².